The third kappa shape index (κ3) is 3.38. The van der Waals surface area contributed by atoms with E-state index < -0.39 is 8.32 Å². The average Bonchev–Trinajstić information content (AvgIpc) is 2.97. The summed E-state index contributed by atoms with van der Waals surface area (Å²) in [5, 5.41) is 9.44. The average molecular weight is 408 g/mol. The Morgan fingerprint density at radius 1 is 1.17 bits per heavy atom. The Kier molecular flexibility index (Phi) is 5.01. The number of aryl methyl sites for hydroxylation is 1. The van der Waals surface area contributed by atoms with E-state index in [1.165, 1.54) is 43.2 Å². The van der Waals surface area contributed by atoms with Crippen LogP contribution in [-0.4, -0.2) is 8.32 Å². The molecule has 0 heterocycles. The maximum absolute atomic E-state index is 9.22. The summed E-state index contributed by atoms with van der Waals surface area (Å²) in [6.07, 6.45) is 9.22. The minimum absolute atomic E-state index is 0.221. The van der Waals surface area contributed by atoms with Gasteiger partial charge < -0.3 is 4.43 Å². The molecule has 0 N–H and O–H groups in total. The van der Waals surface area contributed by atoms with Crippen LogP contribution in [0.1, 0.15) is 76.8 Å². The predicted octanol–water partition coefficient (Wildman–Crippen LogP) is 7.38. The van der Waals surface area contributed by atoms with Crippen LogP contribution >= 0.6 is 0 Å². The quantitative estimate of drug-likeness (QED) is 0.378. The van der Waals surface area contributed by atoms with Crippen LogP contribution in [0.4, 0.5) is 0 Å². The fourth-order valence-electron chi connectivity index (χ4n) is 6.23. The summed E-state index contributed by atoms with van der Waals surface area (Å²) in [5.74, 6) is 3.30. The molecule has 2 nitrogen and oxygen atoms in total. The van der Waals surface area contributed by atoms with Crippen molar-refractivity contribution < 1.29 is 4.43 Å². The molecule has 4 atom stereocenters. The first-order valence-electron chi connectivity index (χ1n) is 11.5. The van der Waals surface area contributed by atoms with Gasteiger partial charge in [-0.25, -0.2) is 0 Å². The molecule has 2 saturated carbocycles. The maximum atomic E-state index is 9.22. The number of hydrogen-bond acceptors (Lipinski definition) is 2. The van der Waals surface area contributed by atoms with Gasteiger partial charge in [0.2, 0.25) is 8.32 Å². The first-order chi connectivity index (χ1) is 13.6. The van der Waals surface area contributed by atoms with Gasteiger partial charge in [-0.1, -0.05) is 39.3 Å². The highest BCUT2D eigenvalue weighted by Gasteiger charge is 2.52. The van der Waals surface area contributed by atoms with Crippen LogP contribution < -0.4 is 4.43 Å². The van der Waals surface area contributed by atoms with E-state index in [4.69, 9.17) is 4.43 Å². The van der Waals surface area contributed by atoms with E-state index in [0.717, 1.165) is 24.0 Å². The van der Waals surface area contributed by atoms with Gasteiger partial charge in [-0.05, 0) is 103 Å². The summed E-state index contributed by atoms with van der Waals surface area (Å²) in [5.41, 5.74) is 4.80. The molecule has 1 aromatic carbocycles. The molecular weight excluding hydrogens is 370 g/mol. The molecule has 1 aromatic rings. The summed E-state index contributed by atoms with van der Waals surface area (Å²) >= 11 is 0. The minimum Gasteiger partial charge on any atom is -0.543 e. The van der Waals surface area contributed by atoms with Gasteiger partial charge in [-0.2, -0.15) is 5.26 Å². The molecule has 3 aliphatic carbocycles. The molecular formula is C26H37NOSi. The van der Waals surface area contributed by atoms with Crippen molar-refractivity contribution in [2.45, 2.75) is 90.3 Å². The summed E-state index contributed by atoms with van der Waals surface area (Å²) in [4.78, 5) is 0. The van der Waals surface area contributed by atoms with Crippen molar-refractivity contribution in [1.29, 1.82) is 5.26 Å². The van der Waals surface area contributed by atoms with E-state index in [1.807, 2.05) is 6.08 Å². The van der Waals surface area contributed by atoms with E-state index in [-0.39, 0.29) is 10.5 Å². The highest BCUT2D eigenvalue weighted by molar-refractivity contribution is 6.74. The molecule has 4 rings (SSSR count). The second kappa shape index (κ2) is 7.01. The van der Waals surface area contributed by atoms with Gasteiger partial charge in [0.1, 0.15) is 5.75 Å². The zero-order valence-electron chi connectivity index (χ0n) is 19.1. The lowest BCUT2D eigenvalue weighted by molar-refractivity contribution is 0.0814. The van der Waals surface area contributed by atoms with Crippen molar-refractivity contribution in [3.63, 3.8) is 0 Å². The fraction of sp³-hybridized carbons (Fsp3) is 0.654. The smallest absolute Gasteiger partial charge is 0.250 e. The lowest BCUT2D eigenvalue weighted by atomic mass is 9.55. The largest absolute Gasteiger partial charge is 0.543 e. The highest BCUT2D eigenvalue weighted by atomic mass is 28.4. The molecule has 3 aliphatic rings. The molecule has 0 saturated heterocycles. The van der Waals surface area contributed by atoms with E-state index in [9.17, 15) is 5.26 Å². The van der Waals surface area contributed by atoms with Crippen molar-refractivity contribution in [3.05, 3.63) is 41.0 Å². The molecule has 2 fully saturated rings. The van der Waals surface area contributed by atoms with Gasteiger partial charge in [0.25, 0.3) is 0 Å². The van der Waals surface area contributed by atoms with Crippen molar-refractivity contribution in [2.24, 2.45) is 17.3 Å². The van der Waals surface area contributed by atoms with Gasteiger partial charge in [-0.15, -0.1) is 0 Å². The molecule has 0 radical (unpaired) electrons. The van der Waals surface area contributed by atoms with Crippen molar-refractivity contribution in [3.8, 4) is 11.8 Å². The van der Waals surface area contributed by atoms with Gasteiger partial charge in [0.15, 0.2) is 0 Å². The summed E-state index contributed by atoms with van der Waals surface area (Å²) in [6, 6.07) is 9.30. The molecule has 0 aliphatic heterocycles. The number of fused-ring (bicyclic) bond motifs is 5. The highest BCUT2D eigenvalue weighted by Crippen LogP contribution is 2.62. The Balaban J connectivity index is 1.59. The van der Waals surface area contributed by atoms with E-state index in [2.05, 4.69) is 65.1 Å². The second-order valence-electron chi connectivity index (χ2n) is 11.4. The number of allylic oxidation sites excluding steroid dienone is 2. The number of rotatable bonds is 2. The Hall–Kier alpha value is -1.53. The van der Waals surface area contributed by atoms with Gasteiger partial charge in [0, 0.05) is 6.08 Å². The predicted molar refractivity (Wildman–Crippen MR) is 123 cm³/mol. The molecule has 0 aromatic heterocycles. The standard InChI is InChI=1S/C26H37NOSi/c1-25(2,3)29(5,6)28-20-9-11-21-18(17-20)7-10-23-22(21)13-15-26(4)19(14-16-27)8-12-24(23)26/h9,11,14,17,22-24H,7-8,10,12-13,15H2,1-6H3. The molecule has 0 amide bonds. The lowest BCUT2D eigenvalue weighted by Crippen LogP contribution is -2.44. The molecule has 4 unspecified atom stereocenters. The number of nitrogens with zero attached hydrogens (tertiary/aromatic N) is 1. The SMILES string of the molecule is CC12CCC3c4ccc(O[Si](C)(C)C(C)(C)C)cc4CCC3C1CCC2=CC#N. The topological polar surface area (TPSA) is 33.0 Å². The Labute approximate surface area is 178 Å². The summed E-state index contributed by atoms with van der Waals surface area (Å²) < 4.78 is 6.60. The minimum atomic E-state index is -1.80. The number of nitriles is 1. The molecule has 0 spiro atoms. The third-order valence-corrected chi connectivity index (χ3v) is 13.3. The van der Waals surface area contributed by atoms with Crippen LogP contribution in [0, 0.1) is 28.6 Å². The van der Waals surface area contributed by atoms with Crippen molar-refractivity contribution >= 4 is 8.32 Å². The van der Waals surface area contributed by atoms with Crippen LogP contribution in [-0.2, 0) is 6.42 Å². The zero-order valence-corrected chi connectivity index (χ0v) is 20.1. The molecule has 29 heavy (non-hydrogen) atoms. The Bertz CT molecular complexity index is 872. The number of hydrogen-bond donors (Lipinski definition) is 0. The first kappa shape index (κ1) is 20.7. The zero-order chi connectivity index (χ0) is 21.0. The van der Waals surface area contributed by atoms with Gasteiger partial charge in [0.05, 0.1) is 6.07 Å². The van der Waals surface area contributed by atoms with E-state index >= 15 is 0 Å². The van der Waals surface area contributed by atoms with Crippen LogP contribution in [0.5, 0.6) is 5.75 Å². The van der Waals surface area contributed by atoms with Crippen LogP contribution in [0.2, 0.25) is 18.1 Å². The van der Waals surface area contributed by atoms with Crippen LogP contribution in [0.15, 0.2) is 29.8 Å². The monoisotopic (exact) mass is 407 g/mol. The Morgan fingerprint density at radius 3 is 2.62 bits per heavy atom. The molecule has 0 bridgehead atoms. The van der Waals surface area contributed by atoms with E-state index in [1.54, 1.807) is 5.56 Å². The van der Waals surface area contributed by atoms with Crippen LogP contribution in [0.25, 0.3) is 0 Å². The molecule has 3 heteroatoms. The fourth-order valence-corrected chi connectivity index (χ4v) is 7.26. The van der Waals surface area contributed by atoms with Gasteiger partial charge in [-0.3, -0.25) is 0 Å². The summed E-state index contributed by atoms with van der Waals surface area (Å²) in [7, 11) is -1.80. The number of benzene rings is 1. The maximum Gasteiger partial charge on any atom is 0.250 e. The Morgan fingerprint density at radius 2 is 1.93 bits per heavy atom. The summed E-state index contributed by atoms with van der Waals surface area (Å²) in [6.45, 7) is 14.0. The second-order valence-corrected chi connectivity index (χ2v) is 16.2. The van der Waals surface area contributed by atoms with E-state index in [0.29, 0.717) is 5.92 Å². The first-order valence-corrected chi connectivity index (χ1v) is 14.4. The normalized spacial score (nSPS) is 32.9. The van der Waals surface area contributed by atoms with Crippen LogP contribution in [0.3, 0.4) is 0 Å². The van der Waals surface area contributed by atoms with Crippen molar-refractivity contribution in [1.82, 2.24) is 0 Å². The molecule has 156 valence electrons. The van der Waals surface area contributed by atoms with Gasteiger partial charge >= 0.3 is 0 Å². The van der Waals surface area contributed by atoms with Crippen molar-refractivity contribution in [2.75, 3.05) is 0 Å². The third-order valence-electron chi connectivity index (χ3n) is 8.96. The lowest BCUT2D eigenvalue weighted by Gasteiger charge is -2.49.